The van der Waals surface area contributed by atoms with E-state index in [1.165, 1.54) is 0 Å². The molecule has 0 saturated heterocycles. The fraction of sp³-hybridized carbons (Fsp3) is 0.917. The molecule has 0 bridgehead atoms. The number of nitrogens with one attached hydrogen (secondary N) is 1. The van der Waals surface area contributed by atoms with E-state index in [2.05, 4.69) is 5.32 Å². The monoisotopic (exact) mass is 231 g/mol. The fourth-order valence-corrected chi connectivity index (χ4v) is 1.52. The first kappa shape index (κ1) is 15.4. The Balaban J connectivity index is 4.35. The maximum absolute atomic E-state index is 11.6. The standard InChI is InChI=1S/C12H25NO3/c1-5-7-10(12(15)16-6-2)13-11(8-14)9(3)4/h9-11,13-14H,5-8H2,1-4H3/t10?,11-/m1/s1. The van der Waals surface area contributed by atoms with Gasteiger partial charge in [0.2, 0.25) is 0 Å². The summed E-state index contributed by atoms with van der Waals surface area (Å²) < 4.78 is 5.00. The molecule has 0 radical (unpaired) electrons. The van der Waals surface area contributed by atoms with Crippen LogP contribution in [-0.4, -0.2) is 36.4 Å². The van der Waals surface area contributed by atoms with Gasteiger partial charge >= 0.3 is 5.97 Å². The summed E-state index contributed by atoms with van der Waals surface area (Å²) in [6.45, 7) is 8.29. The lowest BCUT2D eigenvalue weighted by atomic mass is 10.0. The topological polar surface area (TPSA) is 58.6 Å². The largest absolute Gasteiger partial charge is 0.465 e. The van der Waals surface area contributed by atoms with E-state index in [9.17, 15) is 9.90 Å². The molecule has 0 heterocycles. The number of aliphatic hydroxyl groups excluding tert-OH is 1. The summed E-state index contributed by atoms with van der Waals surface area (Å²) in [5.41, 5.74) is 0. The number of carbonyl (C=O) groups excluding carboxylic acids is 1. The average molecular weight is 231 g/mol. The molecule has 2 N–H and O–H groups in total. The van der Waals surface area contributed by atoms with Gasteiger partial charge in [-0.05, 0) is 19.3 Å². The predicted molar refractivity (Wildman–Crippen MR) is 64.2 cm³/mol. The molecule has 0 fully saturated rings. The Bertz CT molecular complexity index is 195. The van der Waals surface area contributed by atoms with Crippen LogP contribution in [-0.2, 0) is 9.53 Å². The van der Waals surface area contributed by atoms with E-state index in [1.807, 2.05) is 20.8 Å². The number of carbonyl (C=O) groups is 1. The van der Waals surface area contributed by atoms with Crippen molar-refractivity contribution in [2.24, 2.45) is 5.92 Å². The smallest absolute Gasteiger partial charge is 0.323 e. The lowest BCUT2D eigenvalue weighted by molar-refractivity contribution is -0.146. The molecule has 0 aromatic rings. The summed E-state index contributed by atoms with van der Waals surface area (Å²) in [4.78, 5) is 11.6. The summed E-state index contributed by atoms with van der Waals surface area (Å²) in [7, 11) is 0. The molecule has 0 aromatic heterocycles. The lowest BCUT2D eigenvalue weighted by Crippen LogP contribution is -2.48. The minimum absolute atomic E-state index is 0.0390. The summed E-state index contributed by atoms with van der Waals surface area (Å²) >= 11 is 0. The van der Waals surface area contributed by atoms with Gasteiger partial charge in [-0.15, -0.1) is 0 Å². The minimum atomic E-state index is -0.301. The predicted octanol–water partition coefficient (Wildman–Crippen LogP) is 1.32. The van der Waals surface area contributed by atoms with Crippen LogP contribution in [0.2, 0.25) is 0 Å². The molecule has 0 rings (SSSR count). The van der Waals surface area contributed by atoms with Crippen LogP contribution in [0, 0.1) is 5.92 Å². The highest BCUT2D eigenvalue weighted by molar-refractivity contribution is 5.75. The third kappa shape index (κ3) is 5.47. The number of rotatable bonds is 8. The van der Waals surface area contributed by atoms with Crippen molar-refractivity contribution in [3.63, 3.8) is 0 Å². The Hall–Kier alpha value is -0.610. The Labute approximate surface area is 98.4 Å². The second-order valence-electron chi connectivity index (χ2n) is 4.29. The van der Waals surface area contributed by atoms with Crippen LogP contribution in [0.15, 0.2) is 0 Å². The second-order valence-corrected chi connectivity index (χ2v) is 4.29. The summed E-state index contributed by atoms with van der Waals surface area (Å²) in [5, 5.41) is 12.4. The van der Waals surface area contributed by atoms with Crippen LogP contribution in [0.25, 0.3) is 0 Å². The van der Waals surface area contributed by atoms with Gasteiger partial charge in [-0.25, -0.2) is 0 Å². The molecule has 96 valence electrons. The second kappa shape index (κ2) is 8.53. The van der Waals surface area contributed by atoms with Gasteiger partial charge in [0.15, 0.2) is 0 Å². The molecule has 4 nitrogen and oxygen atoms in total. The van der Waals surface area contributed by atoms with Crippen molar-refractivity contribution in [3.8, 4) is 0 Å². The van der Waals surface area contributed by atoms with E-state index in [0.29, 0.717) is 12.5 Å². The van der Waals surface area contributed by atoms with Crippen LogP contribution >= 0.6 is 0 Å². The molecule has 0 spiro atoms. The van der Waals surface area contributed by atoms with Crippen molar-refractivity contribution in [1.29, 1.82) is 0 Å². The first-order chi connectivity index (χ1) is 7.56. The zero-order valence-corrected chi connectivity index (χ0v) is 10.8. The van der Waals surface area contributed by atoms with Crippen LogP contribution < -0.4 is 5.32 Å². The molecule has 0 saturated carbocycles. The van der Waals surface area contributed by atoms with Gasteiger partial charge in [0.1, 0.15) is 6.04 Å². The Morgan fingerprint density at radius 2 is 2.00 bits per heavy atom. The molecule has 16 heavy (non-hydrogen) atoms. The van der Waals surface area contributed by atoms with Crippen molar-refractivity contribution < 1.29 is 14.6 Å². The maximum Gasteiger partial charge on any atom is 0.323 e. The summed E-state index contributed by atoms with van der Waals surface area (Å²) in [6.07, 6.45) is 1.65. The molecule has 1 unspecified atom stereocenters. The van der Waals surface area contributed by atoms with Gasteiger partial charge in [0.25, 0.3) is 0 Å². The molecule has 0 aliphatic heterocycles. The molecule has 0 aromatic carbocycles. The Kier molecular flexibility index (Phi) is 8.21. The third-order valence-corrected chi connectivity index (χ3v) is 2.57. The van der Waals surface area contributed by atoms with E-state index < -0.39 is 0 Å². The van der Waals surface area contributed by atoms with E-state index >= 15 is 0 Å². The van der Waals surface area contributed by atoms with E-state index in [0.717, 1.165) is 12.8 Å². The van der Waals surface area contributed by atoms with Crippen molar-refractivity contribution in [3.05, 3.63) is 0 Å². The Morgan fingerprint density at radius 3 is 2.38 bits per heavy atom. The van der Waals surface area contributed by atoms with Crippen molar-refractivity contribution >= 4 is 5.97 Å². The lowest BCUT2D eigenvalue weighted by Gasteiger charge is -2.25. The van der Waals surface area contributed by atoms with Crippen LogP contribution in [0.1, 0.15) is 40.5 Å². The highest BCUT2D eigenvalue weighted by Crippen LogP contribution is 2.06. The van der Waals surface area contributed by atoms with E-state index in [1.54, 1.807) is 6.92 Å². The summed E-state index contributed by atoms with van der Waals surface area (Å²) in [5.74, 6) is 0.0715. The first-order valence-electron chi connectivity index (χ1n) is 6.10. The zero-order chi connectivity index (χ0) is 12.6. The quantitative estimate of drug-likeness (QED) is 0.619. The minimum Gasteiger partial charge on any atom is -0.465 e. The number of hydrogen-bond acceptors (Lipinski definition) is 4. The molecule has 0 aliphatic carbocycles. The average Bonchev–Trinajstić information content (AvgIpc) is 2.23. The number of esters is 1. The number of ether oxygens (including phenoxy) is 1. The van der Waals surface area contributed by atoms with Crippen molar-refractivity contribution in [1.82, 2.24) is 5.32 Å². The molecular formula is C12H25NO3. The van der Waals surface area contributed by atoms with Crippen molar-refractivity contribution in [2.45, 2.75) is 52.6 Å². The maximum atomic E-state index is 11.6. The highest BCUT2D eigenvalue weighted by atomic mass is 16.5. The fourth-order valence-electron chi connectivity index (χ4n) is 1.52. The van der Waals surface area contributed by atoms with Gasteiger partial charge < -0.3 is 9.84 Å². The van der Waals surface area contributed by atoms with Crippen LogP contribution in [0.4, 0.5) is 0 Å². The van der Waals surface area contributed by atoms with Gasteiger partial charge in [-0.1, -0.05) is 27.2 Å². The van der Waals surface area contributed by atoms with Gasteiger partial charge in [0.05, 0.1) is 13.2 Å². The van der Waals surface area contributed by atoms with Crippen LogP contribution in [0.5, 0.6) is 0 Å². The van der Waals surface area contributed by atoms with Crippen molar-refractivity contribution in [2.75, 3.05) is 13.2 Å². The molecule has 4 heteroatoms. The van der Waals surface area contributed by atoms with E-state index in [-0.39, 0.29) is 24.7 Å². The van der Waals surface area contributed by atoms with E-state index in [4.69, 9.17) is 4.74 Å². The summed E-state index contributed by atoms with van der Waals surface area (Å²) in [6, 6.07) is -0.356. The zero-order valence-electron chi connectivity index (χ0n) is 10.8. The SMILES string of the molecule is CCCC(N[C@H](CO)C(C)C)C(=O)OCC. The first-order valence-corrected chi connectivity index (χ1v) is 6.10. The van der Waals surface area contributed by atoms with Gasteiger partial charge in [-0.2, -0.15) is 0 Å². The third-order valence-electron chi connectivity index (χ3n) is 2.57. The highest BCUT2D eigenvalue weighted by Gasteiger charge is 2.23. The van der Waals surface area contributed by atoms with Crippen LogP contribution in [0.3, 0.4) is 0 Å². The molecule has 2 atom stereocenters. The molecule has 0 aliphatic rings. The molecule has 0 amide bonds. The Morgan fingerprint density at radius 1 is 1.38 bits per heavy atom. The number of aliphatic hydroxyl groups is 1. The normalized spacial score (nSPS) is 14.9. The number of hydrogen-bond donors (Lipinski definition) is 2. The van der Waals surface area contributed by atoms with Gasteiger partial charge in [-0.3, -0.25) is 10.1 Å². The van der Waals surface area contributed by atoms with Gasteiger partial charge in [0, 0.05) is 6.04 Å². The molecular weight excluding hydrogens is 206 g/mol.